The van der Waals surface area contributed by atoms with Crippen LogP contribution in [-0.2, 0) is 17.4 Å². The number of halogens is 2. The zero-order valence-electron chi connectivity index (χ0n) is 16.7. The number of hydrogen-bond acceptors (Lipinski definition) is 4. The Kier molecular flexibility index (Phi) is 7.40. The fraction of sp³-hybridized carbons (Fsp3) is 0.474. The van der Waals surface area contributed by atoms with Crippen LogP contribution in [0.1, 0.15) is 25.3 Å². The molecular formula is C19H26ClIN4O2Si. The lowest BCUT2D eigenvalue weighted by Crippen LogP contribution is -2.13. The quantitative estimate of drug-likeness (QED) is 0.293. The summed E-state index contributed by atoms with van der Waals surface area (Å²) in [6.07, 6.45) is 7.13. The molecule has 3 rings (SSSR count). The maximum atomic E-state index is 6.65. The number of benzene rings is 1. The minimum atomic E-state index is -1.02. The standard InChI is InChI=1S/C19H26ClIN4O2Si/c1-5-6-7-13-14(20)10-16(26-2)18-15(21)11-25(19(13)18)17-12-24(23-22-17)8-9-27-28(3)4/h10-12,28H,5-9H2,1-4H3. The number of aryl methyl sites for hydroxylation is 1. The van der Waals surface area contributed by atoms with Gasteiger partial charge in [-0.1, -0.05) is 30.2 Å². The van der Waals surface area contributed by atoms with Crippen LogP contribution in [0.25, 0.3) is 16.7 Å². The highest BCUT2D eigenvalue weighted by Gasteiger charge is 2.20. The maximum absolute atomic E-state index is 6.65. The highest BCUT2D eigenvalue weighted by Crippen LogP contribution is 2.39. The third-order valence-corrected chi connectivity index (χ3v) is 6.64. The summed E-state index contributed by atoms with van der Waals surface area (Å²) in [6, 6.07) is 1.92. The van der Waals surface area contributed by atoms with Crippen LogP contribution in [0.5, 0.6) is 5.75 Å². The summed E-state index contributed by atoms with van der Waals surface area (Å²) < 4.78 is 16.4. The molecule has 0 saturated heterocycles. The van der Waals surface area contributed by atoms with E-state index in [1.165, 1.54) is 0 Å². The van der Waals surface area contributed by atoms with Crippen molar-refractivity contribution in [3.05, 3.63) is 32.6 Å². The Morgan fingerprint density at radius 1 is 1.29 bits per heavy atom. The second-order valence-corrected chi connectivity index (χ2v) is 11.0. The molecule has 0 atom stereocenters. The van der Waals surface area contributed by atoms with Gasteiger partial charge in [0.05, 0.1) is 37.4 Å². The van der Waals surface area contributed by atoms with Crippen LogP contribution in [-0.4, -0.2) is 42.3 Å². The van der Waals surface area contributed by atoms with E-state index in [9.17, 15) is 0 Å². The number of rotatable bonds is 9. The lowest BCUT2D eigenvalue weighted by atomic mass is 10.0. The number of nitrogens with zero attached hydrogens (tertiary/aromatic N) is 4. The van der Waals surface area contributed by atoms with Gasteiger partial charge < -0.3 is 9.16 Å². The summed E-state index contributed by atoms with van der Waals surface area (Å²) in [6.45, 7) is 7.87. The van der Waals surface area contributed by atoms with Gasteiger partial charge in [-0.2, -0.15) is 0 Å². The van der Waals surface area contributed by atoms with Crippen LogP contribution >= 0.6 is 34.2 Å². The highest BCUT2D eigenvalue weighted by atomic mass is 127. The average Bonchev–Trinajstić information content (AvgIpc) is 3.25. The maximum Gasteiger partial charge on any atom is 0.179 e. The van der Waals surface area contributed by atoms with Gasteiger partial charge >= 0.3 is 0 Å². The van der Waals surface area contributed by atoms with Crippen molar-refractivity contribution < 1.29 is 9.16 Å². The van der Waals surface area contributed by atoms with E-state index < -0.39 is 9.04 Å². The second-order valence-electron chi connectivity index (χ2n) is 6.97. The monoisotopic (exact) mass is 532 g/mol. The molecule has 0 bridgehead atoms. The molecule has 0 spiro atoms. The summed E-state index contributed by atoms with van der Waals surface area (Å²) in [5.74, 6) is 1.56. The van der Waals surface area contributed by atoms with Crippen molar-refractivity contribution in [3.63, 3.8) is 0 Å². The van der Waals surface area contributed by atoms with E-state index in [0.717, 1.165) is 55.9 Å². The van der Waals surface area contributed by atoms with Gasteiger partial charge in [-0.05, 0) is 60.2 Å². The fourth-order valence-electron chi connectivity index (χ4n) is 3.22. The summed E-state index contributed by atoms with van der Waals surface area (Å²) in [5, 5.41) is 10.5. The van der Waals surface area contributed by atoms with E-state index in [1.54, 1.807) is 7.11 Å². The van der Waals surface area contributed by atoms with Crippen molar-refractivity contribution >= 4 is 54.1 Å². The van der Waals surface area contributed by atoms with Gasteiger partial charge in [-0.15, -0.1) is 5.10 Å². The molecule has 0 radical (unpaired) electrons. The molecule has 3 aromatic rings. The molecule has 2 heterocycles. The summed E-state index contributed by atoms with van der Waals surface area (Å²) in [7, 11) is 0.655. The third kappa shape index (κ3) is 4.55. The van der Waals surface area contributed by atoms with Crippen LogP contribution in [0.3, 0.4) is 0 Å². The smallest absolute Gasteiger partial charge is 0.179 e. The van der Waals surface area contributed by atoms with E-state index in [-0.39, 0.29) is 0 Å². The van der Waals surface area contributed by atoms with Crippen LogP contribution in [0.2, 0.25) is 18.1 Å². The second kappa shape index (κ2) is 9.60. The first kappa shape index (κ1) is 21.6. The Morgan fingerprint density at radius 3 is 2.75 bits per heavy atom. The first-order valence-corrected chi connectivity index (χ1v) is 13.8. The van der Waals surface area contributed by atoms with Gasteiger partial charge in [0.1, 0.15) is 5.75 Å². The van der Waals surface area contributed by atoms with Crippen LogP contribution in [0.15, 0.2) is 18.5 Å². The van der Waals surface area contributed by atoms with E-state index in [4.69, 9.17) is 20.8 Å². The third-order valence-electron chi connectivity index (χ3n) is 4.58. The Hall–Kier alpha value is -1.10. The Labute approximate surface area is 186 Å². The van der Waals surface area contributed by atoms with Crippen LogP contribution in [0.4, 0.5) is 0 Å². The number of unbranched alkanes of at least 4 members (excludes halogenated alkanes) is 1. The number of ether oxygens (including phenoxy) is 1. The predicted octanol–water partition coefficient (Wildman–Crippen LogP) is 4.83. The van der Waals surface area contributed by atoms with Crippen LogP contribution in [0, 0.1) is 3.57 Å². The number of methoxy groups -OCH3 is 1. The molecule has 0 aliphatic rings. The lowest BCUT2D eigenvalue weighted by molar-refractivity contribution is 0.296. The van der Waals surface area contributed by atoms with Gasteiger partial charge in [-0.3, -0.25) is 4.57 Å². The van der Waals surface area contributed by atoms with Crippen molar-refractivity contribution in [3.8, 4) is 11.6 Å². The highest BCUT2D eigenvalue weighted by molar-refractivity contribution is 14.1. The Bertz CT molecular complexity index is 957. The van der Waals surface area contributed by atoms with E-state index in [0.29, 0.717) is 13.2 Å². The topological polar surface area (TPSA) is 54.1 Å². The number of hydrogen-bond donors (Lipinski definition) is 0. The molecule has 0 aliphatic heterocycles. The SMILES string of the molecule is CCCCc1c(Cl)cc(OC)c2c(I)cn(-c3cn(CCO[SiH](C)C)nn3)c12. The zero-order valence-corrected chi connectivity index (χ0v) is 20.8. The van der Waals surface area contributed by atoms with E-state index >= 15 is 0 Å². The number of aromatic nitrogens is 4. The molecule has 0 N–H and O–H groups in total. The summed E-state index contributed by atoms with van der Waals surface area (Å²) >= 11 is 8.99. The Balaban J connectivity index is 2.06. The molecule has 28 heavy (non-hydrogen) atoms. The van der Waals surface area contributed by atoms with Gasteiger partial charge in [0.15, 0.2) is 14.9 Å². The largest absolute Gasteiger partial charge is 0.496 e. The van der Waals surface area contributed by atoms with Gasteiger partial charge in [0, 0.05) is 14.8 Å². The molecule has 1 aromatic carbocycles. The van der Waals surface area contributed by atoms with Crippen molar-refractivity contribution in [2.24, 2.45) is 0 Å². The normalized spacial score (nSPS) is 11.7. The predicted molar refractivity (Wildman–Crippen MR) is 125 cm³/mol. The number of fused-ring (bicyclic) bond motifs is 1. The molecule has 0 amide bonds. The first-order valence-electron chi connectivity index (χ1n) is 9.54. The van der Waals surface area contributed by atoms with Crippen molar-refractivity contribution in [2.45, 2.75) is 45.8 Å². The molecular weight excluding hydrogens is 507 g/mol. The van der Waals surface area contributed by atoms with Crippen molar-refractivity contribution in [1.29, 1.82) is 0 Å². The van der Waals surface area contributed by atoms with Crippen LogP contribution < -0.4 is 4.74 Å². The lowest BCUT2D eigenvalue weighted by Gasteiger charge is -2.12. The first-order chi connectivity index (χ1) is 13.5. The van der Waals surface area contributed by atoms with Gasteiger partial charge in [0.25, 0.3) is 0 Å². The molecule has 152 valence electrons. The minimum Gasteiger partial charge on any atom is -0.496 e. The van der Waals surface area contributed by atoms with Gasteiger partial charge in [-0.25, -0.2) is 4.68 Å². The molecule has 9 heteroatoms. The molecule has 0 fully saturated rings. The fourth-order valence-corrected chi connectivity index (χ4v) is 4.88. The van der Waals surface area contributed by atoms with E-state index in [2.05, 4.69) is 63.7 Å². The summed E-state index contributed by atoms with van der Waals surface area (Å²) in [4.78, 5) is 0. The van der Waals surface area contributed by atoms with Crippen molar-refractivity contribution in [2.75, 3.05) is 13.7 Å². The van der Waals surface area contributed by atoms with E-state index in [1.807, 2.05) is 16.9 Å². The molecule has 0 unspecified atom stereocenters. The zero-order chi connectivity index (χ0) is 20.3. The molecule has 0 aliphatic carbocycles. The summed E-state index contributed by atoms with van der Waals surface area (Å²) in [5.41, 5.74) is 2.19. The van der Waals surface area contributed by atoms with Crippen molar-refractivity contribution in [1.82, 2.24) is 19.6 Å². The molecule has 2 aromatic heterocycles. The Morgan fingerprint density at radius 2 is 2.07 bits per heavy atom. The average molecular weight is 533 g/mol. The molecule has 6 nitrogen and oxygen atoms in total. The minimum absolute atomic E-state index is 0.665. The molecule has 0 saturated carbocycles. The van der Waals surface area contributed by atoms with Gasteiger partial charge in [0.2, 0.25) is 0 Å².